The summed E-state index contributed by atoms with van der Waals surface area (Å²) in [5.74, 6) is 0.999. The Kier molecular flexibility index (Phi) is 3.01. The molecule has 3 aromatic heterocycles. The van der Waals surface area contributed by atoms with Crippen molar-refractivity contribution >= 4 is 72.4 Å². The van der Waals surface area contributed by atoms with Crippen LogP contribution < -0.4 is 4.90 Å². The summed E-state index contributed by atoms with van der Waals surface area (Å²) in [5.41, 5.74) is 9.08. The van der Waals surface area contributed by atoms with E-state index in [0.717, 1.165) is 44.4 Å². The van der Waals surface area contributed by atoms with Gasteiger partial charge in [0, 0.05) is 28.6 Å². The third kappa shape index (κ3) is 1.99. The van der Waals surface area contributed by atoms with Gasteiger partial charge in [-0.1, -0.05) is 66.7 Å². The van der Waals surface area contributed by atoms with Crippen molar-refractivity contribution in [2.24, 2.45) is 4.99 Å². The maximum Gasteiger partial charge on any atom is 0.162 e. The van der Waals surface area contributed by atoms with Crippen LogP contribution in [0.4, 0.5) is 11.5 Å². The van der Waals surface area contributed by atoms with Gasteiger partial charge in [-0.25, -0.2) is 4.99 Å². The summed E-state index contributed by atoms with van der Waals surface area (Å²) in [6, 6.07) is 28.1. The summed E-state index contributed by atoms with van der Waals surface area (Å²) < 4.78 is 8.79. The number of anilines is 1. The topological polar surface area (TPSA) is 33.1 Å². The van der Waals surface area contributed by atoms with E-state index in [1.54, 1.807) is 0 Å². The largest absolute Gasteiger partial charge is 0.455 e. The Hall–Kier alpha value is -4.57. The van der Waals surface area contributed by atoms with Crippen LogP contribution in [0.2, 0.25) is 0 Å². The van der Waals surface area contributed by atoms with Gasteiger partial charge >= 0.3 is 0 Å². The Morgan fingerprint density at radius 2 is 1.60 bits per heavy atom. The van der Waals surface area contributed by atoms with Crippen molar-refractivity contribution < 1.29 is 4.42 Å². The maximum absolute atomic E-state index is 6.45. The van der Waals surface area contributed by atoms with Crippen molar-refractivity contribution in [3.63, 3.8) is 0 Å². The third-order valence-electron chi connectivity index (χ3n) is 7.95. The van der Waals surface area contributed by atoms with Gasteiger partial charge in [-0.15, -0.1) is 0 Å². The molecular weight excluding hydrogens is 430 g/mol. The quantitative estimate of drug-likeness (QED) is 0.236. The van der Waals surface area contributed by atoms with E-state index in [9.17, 15) is 0 Å². The summed E-state index contributed by atoms with van der Waals surface area (Å²) in [5, 5.41) is 5.92. The number of furan rings is 1. The average Bonchev–Trinajstić information content (AvgIpc) is 3.55. The third-order valence-corrected chi connectivity index (χ3v) is 7.95. The van der Waals surface area contributed by atoms with Gasteiger partial charge < -0.3 is 9.32 Å². The van der Waals surface area contributed by atoms with Gasteiger partial charge in [-0.2, -0.15) is 0 Å². The first-order valence-electron chi connectivity index (χ1n) is 12.0. The van der Waals surface area contributed by atoms with E-state index in [4.69, 9.17) is 9.41 Å². The summed E-state index contributed by atoms with van der Waals surface area (Å²) >= 11 is 0. The van der Waals surface area contributed by atoms with Crippen LogP contribution in [-0.2, 0) is 0 Å². The van der Waals surface area contributed by atoms with Gasteiger partial charge in [-0.3, -0.25) is 4.40 Å². The Morgan fingerprint density at radius 1 is 0.771 bits per heavy atom. The van der Waals surface area contributed by atoms with Gasteiger partial charge in [-0.05, 0) is 35.4 Å². The van der Waals surface area contributed by atoms with Crippen molar-refractivity contribution in [1.82, 2.24) is 4.40 Å². The van der Waals surface area contributed by atoms with Crippen LogP contribution in [0.1, 0.15) is 17.2 Å². The lowest BCUT2D eigenvalue weighted by Gasteiger charge is -2.36. The molecule has 4 nitrogen and oxygen atoms in total. The van der Waals surface area contributed by atoms with E-state index in [1.807, 2.05) is 12.1 Å². The van der Waals surface area contributed by atoms with E-state index < -0.39 is 0 Å². The van der Waals surface area contributed by atoms with Crippen LogP contribution in [0.5, 0.6) is 0 Å². The number of rotatable bonds is 0. The smallest absolute Gasteiger partial charge is 0.162 e. The predicted molar refractivity (Wildman–Crippen MR) is 145 cm³/mol. The molecule has 0 N–H and O–H groups in total. The molecule has 4 heteroatoms. The predicted octanol–water partition coefficient (Wildman–Crippen LogP) is 7.87. The fourth-order valence-corrected chi connectivity index (χ4v) is 6.51. The Labute approximate surface area is 200 Å². The van der Waals surface area contributed by atoms with Crippen LogP contribution in [-0.4, -0.2) is 17.2 Å². The zero-order valence-electron chi connectivity index (χ0n) is 19.0. The number of aliphatic imine (C=N–C) groups is 1. The first-order valence-corrected chi connectivity index (χ1v) is 12.0. The van der Waals surface area contributed by atoms with Crippen molar-refractivity contribution in [3.8, 4) is 0 Å². The lowest BCUT2D eigenvalue weighted by molar-refractivity contribution is 0.673. The maximum atomic E-state index is 6.45. The first kappa shape index (κ1) is 17.8. The van der Waals surface area contributed by atoms with E-state index >= 15 is 0 Å². The Morgan fingerprint density at radius 3 is 2.57 bits per heavy atom. The van der Waals surface area contributed by atoms with Crippen molar-refractivity contribution in [2.75, 3.05) is 11.9 Å². The zero-order valence-corrected chi connectivity index (χ0v) is 19.0. The van der Waals surface area contributed by atoms with Gasteiger partial charge in [0.25, 0.3) is 0 Å². The fraction of sp³-hybridized carbons (Fsp3) is 0.0645. The SMILES string of the molecule is CN1c2c(n3c4ccc5c6ccccc6oc5c4c4cccc2c43)N=C2C=Cc3ccccc3C21. The van der Waals surface area contributed by atoms with Gasteiger partial charge in [0.2, 0.25) is 0 Å². The molecule has 1 atom stereocenters. The van der Waals surface area contributed by atoms with E-state index in [2.05, 4.69) is 95.2 Å². The number of aromatic nitrogens is 1. The second-order valence-corrected chi connectivity index (χ2v) is 9.66. The minimum atomic E-state index is 0.114. The summed E-state index contributed by atoms with van der Waals surface area (Å²) in [7, 11) is 2.20. The minimum Gasteiger partial charge on any atom is -0.455 e. The number of benzene rings is 4. The summed E-state index contributed by atoms with van der Waals surface area (Å²) in [6.45, 7) is 0. The molecule has 1 aliphatic heterocycles. The van der Waals surface area contributed by atoms with Crippen LogP contribution in [0.25, 0.3) is 55.2 Å². The van der Waals surface area contributed by atoms with Crippen molar-refractivity contribution in [2.45, 2.75) is 6.04 Å². The second-order valence-electron chi connectivity index (χ2n) is 9.66. The molecule has 4 aromatic carbocycles. The van der Waals surface area contributed by atoms with Crippen LogP contribution >= 0.6 is 0 Å². The molecule has 1 unspecified atom stereocenters. The monoisotopic (exact) mass is 449 g/mol. The molecule has 0 bridgehead atoms. The molecule has 0 spiro atoms. The van der Waals surface area contributed by atoms with Crippen LogP contribution in [0.3, 0.4) is 0 Å². The molecule has 4 heterocycles. The molecular formula is C31H19N3O. The lowest BCUT2D eigenvalue weighted by Crippen LogP contribution is -2.34. The van der Waals surface area contributed by atoms with Gasteiger partial charge in [0.05, 0.1) is 33.9 Å². The first-order chi connectivity index (χ1) is 17.3. The van der Waals surface area contributed by atoms with Crippen molar-refractivity contribution in [3.05, 3.63) is 96.1 Å². The molecule has 164 valence electrons. The molecule has 0 radical (unpaired) electrons. The highest BCUT2D eigenvalue weighted by Gasteiger charge is 2.35. The number of hydrogen-bond acceptors (Lipinski definition) is 3. The molecule has 0 fully saturated rings. The summed E-state index contributed by atoms with van der Waals surface area (Å²) in [6.07, 6.45) is 4.37. The van der Waals surface area contributed by atoms with Gasteiger partial charge in [0.1, 0.15) is 11.2 Å². The molecule has 0 amide bonds. The molecule has 2 aliphatic rings. The standard InChI is InChI=1S/C31H19N3O/c1-33-28-18-8-3-2-7-17(18)13-15-23(28)32-31-29(33)22-11-6-10-21-26-24(34(31)27(21)22)16-14-20-19-9-4-5-12-25(19)35-30(20)26/h2-16,28H,1H3. The zero-order chi connectivity index (χ0) is 22.8. The molecule has 7 aromatic rings. The molecule has 1 aliphatic carbocycles. The highest BCUT2D eigenvalue weighted by atomic mass is 16.3. The Bertz CT molecular complexity index is 2090. The number of hydrogen-bond donors (Lipinski definition) is 0. The summed E-state index contributed by atoms with van der Waals surface area (Å²) in [4.78, 5) is 7.71. The highest BCUT2D eigenvalue weighted by molar-refractivity contribution is 6.28. The fourth-order valence-electron chi connectivity index (χ4n) is 6.51. The van der Waals surface area contributed by atoms with Crippen LogP contribution in [0.15, 0.2) is 94.3 Å². The molecule has 35 heavy (non-hydrogen) atoms. The average molecular weight is 450 g/mol. The number of nitrogens with zero attached hydrogens (tertiary/aromatic N) is 3. The van der Waals surface area contributed by atoms with E-state index in [0.29, 0.717) is 0 Å². The minimum absolute atomic E-state index is 0.114. The molecule has 0 saturated heterocycles. The Balaban J connectivity index is 1.44. The van der Waals surface area contributed by atoms with E-state index in [-0.39, 0.29) is 6.04 Å². The van der Waals surface area contributed by atoms with Gasteiger partial charge in [0.15, 0.2) is 5.82 Å². The normalized spacial score (nSPS) is 17.0. The second kappa shape index (κ2) is 5.91. The molecule has 0 saturated carbocycles. The van der Waals surface area contributed by atoms with Crippen LogP contribution in [0, 0.1) is 0 Å². The number of fused-ring (bicyclic) bond motifs is 13. The van der Waals surface area contributed by atoms with E-state index in [1.165, 1.54) is 33.1 Å². The number of para-hydroxylation sites is 2. The molecule has 9 rings (SSSR count). The van der Waals surface area contributed by atoms with Crippen molar-refractivity contribution in [1.29, 1.82) is 0 Å². The highest BCUT2D eigenvalue weighted by Crippen LogP contribution is 2.52. The lowest BCUT2D eigenvalue weighted by atomic mass is 9.89.